The lowest BCUT2D eigenvalue weighted by atomic mass is 9.81. The average molecular weight is 304 g/mol. The molecule has 3 N–H and O–H groups in total. The summed E-state index contributed by atoms with van der Waals surface area (Å²) in [7, 11) is 0. The molecule has 0 aliphatic heterocycles. The second-order valence-electron chi connectivity index (χ2n) is 3.70. The van der Waals surface area contributed by atoms with Crippen LogP contribution in [0.3, 0.4) is 0 Å². The molecule has 1 aromatic rings. The Balaban J connectivity index is 1.83. The van der Waals surface area contributed by atoms with Gasteiger partial charge in [0.05, 0.1) is 3.57 Å². The summed E-state index contributed by atoms with van der Waals surface area (Å²) in [5.41, 5.74) is 5.71. The lowest BCUT2D eigenvalue weighted by Gasteiger charge is -2.32. The number of hydrogen-bond donors (Lipinski definition) is 2. The summed E-state index contributed by atoms with van der Waals surface area (Å²) in [6, 6.07) is 0.422. The van der Waals surface area contributed by atoms with Crippen molar-refractivity contribution in [3.05, 3.63) is 16.1 Å². The van der Waals surface area contributed by atoms with Gasteiger partial charge in [-0.2, -0.15) is 0 Å². The van der Waals surface area contributed by atoms with Crippen molar-refractivity contribution in [2.24, 2.45) is 11.7 Å². The second-order valence-corrected chi connectivity index (χ2v) is 4.86. The quantitative estimate of drug-likeness (QED) is 0.825. The summed E-state index contributed by atoms with van der Waals surface area (Å²) in [5, 5.41) is 3.32. The van der Waals surface area contributed by atoms with Gasteiger partial charge in [-0.3, -0.25) is 0 Å². The van der Waals surface area contributed by atoms with E-state index >= 15 is 0 Å². The first-order chi connectivity index (χ1) is 6.75. The number of hydrogen-bond acceptors (Lipinski definition) is 4. The number of rotatable bonds is 3. The van der Waals surface area contributed by atoms with Gasteiger partial charge in [0.15, 0.2) is 0 Å². The molecular weight excluding hydrogens is 291 g/mol. The molecule has 0 spiro atoms. The molecule has 1 saturated carbocycles. The average Bonchev–Trinajstić information content (AvgIpc) is 2.13. The SMILES string of the molecule is NC1CC(CNc2ncncc2I)C1. The third kappa shape index (κ3) is 2.33. The highest BCUT2D eigenvalue weighted by molar-refractivity contribution is 14.1. The van der Waals surface area contributed by atoms with Gasteiger partial charge in [-0.05, 0) is 41.4 Å². The van der Waals surface area contributed by atoms with E-state index in [4.69, 9.17) is 5.73 Å². The lowest BCUT2D eigenvalue weighted by Crippen LogP contribution is -2.39. The van der Waals surface area contributed by atoms with Crippen LogP contribution >= 0.6 is 22.6 Å². The van der Waals surface area contributed by atoms with Gasteiger partial charge in [0.2, 0.25) is 0 Å². The molecule has 76 valence electrons. The molecule has 0 amide bonds. The van der Waals surface area contributed by atoms with Crippen molar-refractivity contribution < 1.29 is 0 Å². The zero-order chi connectivity index (χ0) is 9.97. The highest BCUT2D eigenvalue weighted by Crippen LogP contribution is 2.25. The molecule has 1 aromatic heterocycles. The molecule has 0 saturated heterocycles. The molecule has 5 heteroatoms. The topological polar surface area (TPSA) is 63.8 Å². The van der Waals surface area contributed by atoms with Crippen molar-refractivity contribution in [2.45, 2.75) is 18.9 Å². The molecular formula is C9H13IN4. The fourth-order valence-electron chi connectivity index (χ4n) is 1.64. The Morgan fingerprint density at radius 2 is 2.36 bits per heavy atom. The van der Waals surface area contributed by atoms with E-state index in [1.165, 1.54) is 0 Å². The van der Waals surface area contributed by atoms with Crippen molar-refractivity contribution in [3.63, 3.8) is 0 Å². The summed E-state index contributed by atoms with van der Waals surface area (Å²) in [6.45, 7) is 0.973. The Morgan fingerprint density at radius 3 is 3.00 bits per heavy atom. The minimum atomic E-state index is 0.422. The van der Waals surface area contributed by atoms with Gasteiger partial charge < -0.3 is 11.1 Å². The molecule has 2 rings (SSSR count). The maximum atomic E-state index is 5.71. The third-order valence-electron chi connectivity index (χ3n) is 2.50. The second kappa shape index (κ2) is 4.39. The molecule has 4 nitrogen and oxygen atoms in total. The van der Waals surface area contributed by atoms with E-state index < -0.39 is 0 Å². The highest BCUT2D eigenvalue weighted by Gasteiger charge is 2.25. The Morgan fingerprint density at radius 1 is 1.57 bits per heavy atom. The maximum absolute atomic E-state index is 5.71. The summed E-state index contributed by atoms with van der Waals surface area (Å²) < 4.78 is 1.06. The van der Waals surface area contributed by atoms with Crippen LogP contribution in [0.25, 0.3) is 0 Å². The van der Waals surface area contributed by atoms with Gasteiger partial charge >= 0.3 is 0 Å². The minimum Gasteiger partial charge on any atom is -0.369 e. The Kier molecular flexibility index (Phi) is 3.17. The number of nitrogens with one attached hydrogen (secondary N) is 1. The summed E-state index contributed by atoms with van der Waals surface area (Å²) in [4.78, 5) is 8.11. The highest BCUT2D eigenvalue weighted by atomic mass is 127. The van der Waals surface area contributed by atoms with E-state index in [1.54, 1.807) is 6.33 Å². The van der Waals surface area contributed by atoms with Crippen molar-refractivity contribution >= 4 is 28.4 Å². The number of anilines is 1. The number of aromatic nitrogens is 2. The molecule has 1 aliphatic carbocycles. The van der Waals surface area contributed by atoms with Crippen LogP contribution in [0.1, 0.15) is 12.8 Å². The molecule has 0 unspecified atom stereocenters. The molecule has 0 aromatic carbocycles. The zero-order valence-corrected chi connectivity index (χ0v) is 9.94. The Bertz CT molecular complexity index is 311. The molecule has 1 heterocycles. The van der Waals surface area contributed by atoms with Crippen LogP contribution in [0.2, 0.25) is 0 Å². The maximum Gasteiger partial charge on any atom is 0.142 e. The zero-order valence-electron chi connectivity index (χ0n) is 7.78. The normalized spacial score (nSPS) is 25.6. The largest absolute Gasteiger partial charge is 0.369 e. The lowest BCUT2D eigenvalue weighted by molar-refractivity contribution is 0.280. The van der Waals surface area contributed by atoms with Crippen LogP contribution in [-0.2, 0) is 0 Å². The molecule has 0 radical (unpaired) electrons. The van der Waals surface area contributed by atoms with Crippen LogP contribution < -0.4 is 11.1 Å². The first-order valence-corrected chi connectivity index (χ1v) is 5.78. The standard InChI is InChI=1S/C9H13IN4/c10-8-4-12-5-14-9(8)13-3-6-1-7(11)2-6/h4-7H,1-3,11H2,(H,12,13,14). The Labute approximate surface area is 96.8 Å². The molecule has 1 fully saturated rings. The molecule has 0 bridgehead atoms. The van der Waals surface area contributed by atoms with E-state index in [1.807, 2.05) is 6.20 Å². The fraction of sp³-hybridized carbons (Fsp3) is 0.556. The van der Waals surface area contributed by atoms with E-state index in [2.05, 4.69) is 37.9 Å². The van der Waals surface area contributed by atoms with Crippen LogP contribution in [-0.4, -0.2) is 22.6 Å². The van der Waals surface area contributed by atoms with E-state index in [-0.39, 0.29) is 0 Å². The van der Waals surface area contributed by atoms with Gasteiger partial charge in [0.1, 0.15) is 12.1 Å². The van der Waals surface area contributed by atoms with Crippen LogP contribution in [0.15, 0.2) is 12.5 Å². The molecule has 1 aliphatic rings. The minimum absolute atomic E-state index is 0.422. The number of nitrogens with zero attached hydrogens (tertiary/aromatic N) is 2. The van der Waals surface area contributed by atoms with E-state index in [9.17, 15) is 0 Å². The third-order valence-corrected chi connectivity index (χ3v) is 3.29. The number of halogens is 1. The van der Waals surface area contributed by atoms with Gasteiger partial charge in [-0.15, -0.1) is 0 Å². The first-order valence-electron chi connectivity index (χ1n) is 4.70. The van der Waals surface area contributed by atoms with Crippen molar-refractivity contribution in [3.8, 4) is 0 Å². The Hall–Kier alpha value is -0.430. The van der Waals surface area contributed by atoms with Crippen molar-refractivity contribution in [2.75, 3.05) is 11.9 Å². The van der Waals surface area contributed by atoms with Crippen LogP contribution in [0, 0.1) is 9.49 Å². The summed E-state index contributed by atoms with van der Waals surface area (Å²) in [5.74, 6) is 1.65. The van der Waals surface area contributed by atoms with E-state index in [0.717, 1.165) is 34.7 Å². The van der Waals surface area contributed by atoms with Gasteiger partial charge in [0.25, 0.3) is 0 Å². The monoisotopic (exact) mass is 304 g/mol. The van der Waals surface area contributed by atoms with Crippen LogP contribution in [0.4, 0.5) is 5.82 Å². The fourth-order valence-corrected chi connectivity index (χ4v) is 2.13. The van der Waals surface area contributed by atoms with Gasteiger partial charge in [-0.1, -0.05) is 0 Å². The predicted octanol–water partition coefficient (Wildman–Crippen LogP) is 1.23. The molecule has 0 atom stereocenters. The van der Waals surface area contributed by atoms with Crippen LogP contribution in [0.5, 0.6) is 0 Å². The predicted molar refractivity (Wildman–Crippen MR) is 63.9 cm³/mol. The molecule has 14 heavy (non-hydrogen) atoms. The van der Waals surface area contributed by atoms with Crippen molar-refractivity contribution in [1.29, 1.82) is 0 Å². The summed E-state index contributed by atoms with van der Waals surface area (Å²) in [6.07, 6.45) is 5.64. The first kappa shape index (κ1) is 10.1. The van der Waals surface area contributed by atoms with Gasteiger partial charge in [-0.25, -0.2) is 9.97 Å². The van der Waals surface area contributed by atoms with Crippen molar-refractivity contribution in [1.82, 2.24) is 9.97 Å². The number of nitrogens with two attached hydrogens (primary N) is 1. The summed E-state index contributed by atoms with van der Waals surface area (Å²) >= 11 is 2.23. The van der Waals surface area contributed by atoms with E-state index in [0.29, 0.717) is 6.04 Å². The van der Waals surface area contributed by atoms with Gasteiger partial charge in [0, 0.05) is 18.8 Å². The smallest absolute Gasteiger partial charge is 0.142 e.